The molecule has 118 valence electrons. The van der Waals surface area contributed by atoms with Crippen LogP contribution in [0.15, 0.2) is 24.3 Å². The normalized spacial score (nSPS) is 20.4. The monoisotopic (exact) mass is 288 g/mol. The van der Waals surface area contributed by atoms with E-state index in [0.29, 0.717) is 11.3 Å². The van der Waals surface area contributed by atoms with Crippen molar-refractivity contribution in [1.82, 2.24) is 10.2 Å². The van der Waals surface area contributed by atoms with Gasteiger partial charge in [-0.1, -0.05) is 52.0 Å². The zero-order valence-electron chi connectivity index (χ0n) is 14.3. The van der Waals surface area contributed by atoms with Crippen molar-refractivity contribution in [3.05, 3.63) is 35.4 Å². The fourth-order valence-electron chi connectivity index (χ4n) is 3.37. The average Bonchev–Trinajstić information content (AvgIpc) is 2.44. The molecule has 1 aliphatic rings. The Labute approximate surface area is 130 Å². The number of rotatable bonds is 6. The van der Waals surface area contributed by atoms with E-state index in [0.717, 1.165) is 19.6 Å². The summed E-state index contributed by atoms with van der Waals surface area (Å²) in [6.07, 6.45) is 2.70. The Hall–Kier alpha value is -0.860. The molecule has 1 heterocycles. The van der Waals surface area contributed by atoms with Crippen molar-refractivity contribution in [2.75, 3.05) is 26.2 Å². The summed E-state index contributed by atoms with van der Waals surface area (Å²) in [4.78, 5) is 2.61. The SMILES string of the molecule is CCNCC(C)c1ccc(CN2CCCC(C)(C)C2)cc1. The molecule has 1 N–H and O–H groups in total. The lowest BCUT2D eigenvalue weighted by Gasteiger charge is -2.38. The van der Waals surface area contributed by atoms with Crippen LogP contribution in [0, 0.1) is 5.41 Å². The summed E-state index contributed by atoms with van der Waals surface area (Å²) < 4.78 is 0. The van der Waals surface area contributed by atoms with E-state index in [2.05, 4.69) is 62.2 Å². The van der Waals surface area contributed by atoms with Gasteiger partial charge in [-0.25, -0.2) is 0 Å². The molecule has 0 radical (unpaired) electrons. The molecule has 0 bridgehead atoms. The van der Waals surface area contributed by atoms with Crippen LogP contribution in [0.2, 0.25) is 0 Å². The highest BCUT2D eigenvalue weighted by Gasteiger charge is 2.26. The molecule has 21 heavy (non-hydrogen) atoms. The zero-order chi connectivity index (χ0) is 15.3. The van der Waals surface area contributed by atoms with Crippen molar-refractivity contribution < 1.29 is 0 Å². The van der Waals surface area contributed by atoms with Gasteiger partial charge in [-0.2, -0.15) is 0 Å². The van der Waals surface area contributed by atoms with Crippen molar-refractivity contribution in [3.63, 3.8) is 0 Å². The molecule has 0 aromatic heterocycles. The third kappa shape index (κ3) is 5.12. The van der Waals surface area contributed by atoms with Crippen LogP contribution in [0.5, 0.6) is 0 Å². The van der Waals surface area contributed by atoms with Gasteiger partial charge in [0, 0.05) is 19.6 Å². The third-order valence-corrected chi connectivity index (χ3v) is 4.63. The van der Waals surface area contributed by atoms with Crippen LogP contribution in [0.1, 0.15) is 57.6 Å². The molecular formula is C19H32N2. The van der Waals surface area contributed by atoms with Crippen molar-refractivity contribution in [2.45, 2.75) is 53.0 Å². The topological polar surface area (TPSA) is 15.3 Å². The highest BCUT2D eigenvalue weighted by molar-refractivity contribution is 5.25. The van der Waals surface area contributed by atoms with Gasteiger partial charge in [-0.05, 0) is 48.4 Å². The van der Waals surface area contributed by atoms with E-state index in [1.165, 1.54) is 37.1 Å². The molecule has 1 unspecified atom stereocenters. The lowest BCUT2D eigenvalue weighted by molar-refractivity contribution is 0.111. The molecule has 0 spiro atoms. The highest BCUT2D eigenvalue weighted by Crippen LogP contribution is 2.29. The Morgan fingerprint density at radius 1 is 1.24 bits per heavy atom. The second kappa shape index (κ2) is 7.42. The van der Waals surface area contributed by atoms with Gasteiger partial charge in [0.25, 0.3) is 0 Å². The maximum Gasteiger partial charge on any atom is 0.0233 e. The average molecular weight is 288 g/mol. The van der Waals surface area contributed by atoms with Gasteiger partial charge in [0.2, 0.25) is 0 Å². The Kier molecular flexibility index (Phi) is 5.83. The quantitative estimate of drug-likeness (QED) is 0.850. The molecule has 1 atom stereocenters. The number of likely N-dealkylation sites (tertiary alicyclic amines) is 1. The van der Waals surface area contributed by atoms with E-state index in [9.17, 15) is 0 Å². The van der Waals surface area contributed by atoms with Crippen LogP contribution in [0.25, 0.3) is 0 Å². The van der Waals surface area contributed by atoms with Gasteiger partial charge in [0.05, 0.1) is 0 Å². The minimum atomic E-state index is 0.485. The minimum absolute atomic E-state index is 0.485. The van der Waals surface area contributed by atoms with Crippen LogP contribution in [0.4, 0.5) is 0 Å². The first kappa shape index (κ1) is 16.5. The van der Waals surface area contributed by atoms with Crippen LogP contribution in [-0.2, 0) is 6.54 Å². The van der Waals surface area contributed by atoms with Gasteiger partial charge >= 0.3 is 0 Å². The van der Waals surface area contributed by atoms with Crippen molar-refractivity contribution in [1.29, 1.82) is 0 Å². The zero-order valence-corrected chi connectivity index (χ0v) is 14.3. The first-order valence-electron chi connectivity index (χ1n) is 8.52. The van der Waals surface area contributed by atoms with Crippen molar-refractivity contribution in [3.8, 4) is 0 Å². The molecule has 1 fully saturated rings. The summed E-state index contributed by atoms with van der Waals surface area (Å²) in [7, 11) is 0. The van der Waals surface area contributed by atoms with Crippen LogP contribution >= 0.6 is 0 Å². The van der Waals surface area contributed by atoms with Gasteiger partial charge < -0.3 is 5.32 Å². The van der Waals surface area contributed by atoms with E-state index in [1.807, 2.05) is 0 Å². The number of hydrogen-bond acceptors (Lipinski definition) is 2. The Morgan fingerprint density at radius 3 is 2.57 bits per heavy atom. The molecule has 0 saturated carbocycles. The summed E-state index contributed by atoms with van der Waals surface area (Å²) in [6, 6.07) is 9.26. The van der Waals surface area contributed by atoms with Gasteiger partial charge in [0.1, 0.15) is 0 Å². The number of nitrogens with zero attached hydrogens (tertiary/aromatic N) is 1. The first-order chi connectivity index (χ1) is 10.00. The van der Waals surface area contributed by atoms with Gasteiger partial charge in [-0.15, -0.1) is 0 Å². The number of hydrogen-bond donors (Lipinski definition) is 1. The summed E-state index contributed by atoms with van der Waals surface area (Å²) in [5.74, 6) is 0.591. The number of nitrogens with one attached hydrogen (secondary N) is 1. The van der Waals surface area contributed by atoms with E-state index < -0.39 is 0 Å². The van der Waals surface area contributed by atoms with E-state index >= 15 is 0 Å². The predicted octanol–water partition coefficient (Wildman–Crippen LogP) is 4.02. The van der Waals surface area contributed by atoms with E-state index in [-0.39, 0.29) is 0 Å². The predicted molar refractivity (Wildman–Crippen MR) is 91.7 cm³/mol. The van der Waals surface area contributed by atoms with Crippen LogP contribution < -0.4 is 5.32 Å². The highest BCUT2D eigenvalue weighted by atomic mass is 15.1. The van der Waals surface area contributed by atoms with E-state index in [4.69, 9.17) is 0 Å². The molecule has 2 nitrogen and oxygen atoms in total. The van der Waals surface area contributed by atoms with Crippen molar-refractivity contribution >= 4 is 0 Å². The van der Waals surface area contributed by atoms with Crippen molar-refractivity contribution in [2.24, 2.45) is 5.41 Å². The fraction of sp³-hybridized carbons (Fsp3) is 0.684. The first-order valence-corrected chi connectivity index (χ1v) is 8.52. The fourth-order valence-corrected chi connectivity index (χ4v) is 3.37. The van der Waals surface area contributed by atoms with Crippen LogP contribution in [0.3, 0.4) is 0 Å². The molecule has 0 amide bonds. The smallest absolute Gasteiger partial charge is 0.0233 e. The lowest BCUT2D eigenvalue weighted by atomic mass is 9.84. The molecule has 2 rings (SSSR count). The number of likely N-dealkylation sites (N-methyl/N-ethyl adjacent to an activating group) is 1. The molecule has 1 aliphatic heterocycles. The Morgan fingerprint density at radius 2 is 1.95 bits per heavy atom. The summed E-state index contributed by atoms with van der Waals surface area (Å²) in [5, 5.41) is 3.43. The molecule has 0 aliphatic carbocycles. The Bertz CT molecular complexity index is 422. The standard InChI is InChI=1S/C19H32N2/c1-5-20-13-16(2)18-9-7-17(8-10-18)14-21-12-6-11-19(3,4)15-21/h7-10,16,20H,5-6,11-15H2,1-4H3. The number of benzene rings is 1. The maximum absolute atomic E-state index is 3.43. The molecule has 1 aromatic rings. The van der Waals surface area contributed by atoms with E-state index in [1.54, 1.807) is 0 Å². The third-order valence-electron chi connectivity index (χ3n) is 4.63. The summed E-state index contributed by atoms with van der Waals surface area (Å²) >= 11 is 0. The largest absolute Gasteiger partial charge is 0.316 e. The molecule has 1 saturated heterocycles. The summed E-state index contributed by atoms with van der Waals surface area (Å²) in [5.41, 5.74) is 3.38. The lowest BCUT2D eigenvalue weighted by Crippen LogP contribution is -2.39. The second-order valence-corrected chi connectivity index (χ2v) is 7.43. The number of piperidine rings is 1. The van der Waals surface area contributed by atoms with Gasteiger partial charge in [-0.3, -0.25) is 4.90 Å². The second-order valence-electron chi connectivity index (χ2n) is 7.43. The molecular weight excluding hydrogens is 256 g/mol. The van der Waals surface area contributed by atoms with Crippen LogP contribution in [-0.4, -0.2) is 31.1 Å². The maximum atomic E-state index is 3.43. The van der Waals surface area contributed by atoms with Gasteiger partial charge in [0.15, 0.2) is 0 Å². The molecule has 1 aromatic carbocycles. The molecule has 2 heteroatoms. The summed E-state index contributed by atoms with van der Waals surface area (Å²) in [6.45, 7) is 14.9. The minimum Gasteiger partial charge on any atom is -0.316 e. The Balaban J connectivity index is 1.90.